The first kappa shape index (κ1) is 12.6. The second-order valence-corrected chi connectivity index (χ2v) is 5.03. The second-order valence-electron chi connectivity index (χ2n) is 5.03. The number of amides is 1. The van der Waals surface area contributed by atoms with Crippen molar-refractivity contribution < 1.29 is 9.59 Å². The molecule has 0 bridgehead atoms. The highest BCUT2D eigenvalue weighted by molar-refractivity contribution is 6.52. The average molecular weight is 269 g/mol. The Morgan fingerprint density at radius 3 is 2.75 bits per heavy atom. The molecule has 1 aliphatic heterocycles. The maximum absolute atomic E-state index is 12.1. The van der Waals surface area contributed by atoms with E-state index in [4.69, 9.17) is 0 Å². The van der Waals surface area contributed by atoms with Gasteiger partial charge in [-0.1, -0.05) is 12.1 Å². The summed E-state index contributed by atoms with van der Waals surface area (Å²) in [5.41, 5.74) is 3.27. The normalized spacial score (nSPS) is 14.0. The summed E-state index contributed by atoms with van der Waals surface area (Å²) >= 11 is 0. The maximum Gasteiger partial charge on any atom is 0.299 e. The Bertz CT molecular complexity index is 703. The molecule has 3 rings (SSSR count). The number of hydrogen-bond donors (Lipinski definition) is 0. The molecule has 1 aromatic heterocycles. The van der Waals surface area contributed by atoms with E-state index in [0.29, 0.717) is 18.5 Å². The van der Waals surface area contributed by atoms with E-state index in [9.17, 15) is 9.59 Å². The highest BCUT2D eigenvalue weighted by Gasteiger charge is 2.36. The molecule has 0 atom stereocenters. The molecule has 1 aliphatic rings. The standard InChI is InChI=1S/C15H15N3O2/c1-10-4-3-5-12-13(10)18(15(20)14(12)19)7-6-11-8-16-17(2)9-11/h3-5,8-9H,6-7H2,1-2H3. The van der Waals surface area contributed by atoms with Gasteiger partial charge in [0.1, 0.15) is 0 Å². The average Bonchev–Trinajstić information content (AvgIpc) is 2.94. The van der Waals surface area contributed by atoms with Crippen molar-refractivity contribution in [2.45, 2.75) is 13.3 Å². The fourth-order valence-electron chi connectivity index (χ4n) is 2.60. The first-order valence-electron chi connectivity index (χ1n) is 6.51. The lowest BCUT2D eigenvalue weighted by Gasteiger charge is -2.17. The molecular weight excluding hydrogens is 254 g/mol. The first-order valence-corrected chi connectivity index (χ1v) is 6.51. The topological polar surface area (TPSA) is 55.2 Å². The van der Waals surface area contributed by atoms with Crippen LogP contribution in [0.1, 0.15) is 21.5 Å². The van der Waals surface area contributed by atoms with Crippen molar-refractivity contribution in [1.82, 2.24) is 9.78 Å². The molecule has 0 aliphatic carbocycles. The van der Waals surface area contributed by atoms with Crippen LogP contribution in [0.25, 0.3) is 0 Å². The van der Waals surface area contributed by atoms with Crippen LogP contribution in [0, 0.1) is 6.92 Å². The Morgan fingerprint density at radius 1 is 1.25 bits per heavy atom. The molecule has 102 valence electrons. The van der Waals surface area contributed by atoms with Gasteiger partial charge >= 0.3 is 0 Å². The summed E-state index contributed by atoms with van der Waals surface area (Å²) in [6, 6.07) is 5.44. The summed E-state index contributed by atoms with van der Waals surface area (Å²) in [7, 11) is 1.85. The zero-order chi connectivity index (χ0) is 14.3. The van der Waals surface area contributed by atoms with Crippen LogP contribution in [-0.2, 0) is 18.3 Å². The lowest BCUT2D eigenvalue weighted by atomic mass is 10.1. The summed E-state index contributed by atoms with van der Waals surface area (Å²) in [5.74, 6) is -0.840. The largest absolute Gasteiger partial charge is 0.304 e. The molecule has 5 heteroatoms. The molecule has 0 unspecified atom stereocenters. The van der Waals surface area contributed by atoms with Crippen LogP contribution in [-0.4, -0.2) is 28.0 Å². The summed E-state index contributed by atoms with van der Waals surface area (Å²) in [4.78, 5) is 25.6. The van der Waals surface area contributed by atoms with Crippen molar-refractivity contribution in [3.8, 4) is 0 Å². The number of carbonyl (C=O) groups is 2. The minimum atomic E-state index is -0.432. The molecule has 2 heterocycles. The van der Waals surface area contributed by atoms with E-state index in [-0.39, 0.29) is 0 Å². The zero-order valence-corrected chi connectivity index (χ0v) is 11.5. The Morgan fingerprint density at radius 2 is 2.05 bits per heavy atom. The Balaban J connectivity index is 1.87. The van der Waals surface area contributed by atoms with E-state index in [1.807, 2.05) is 32.3 Å². The molecule has 0 saturated carbocycles. The van der Waals surface area contributed by atoms with E-state index >= 15 is 0 Å². The van der Waals surface area contributed by atoms with Crippen LogP contribution in [0.4, 0.5) is 5.69 Å². The van der Waals surface area contributed by atoms with Crippen LogP contribution >= 0.6 is 0 Å². The number of benzene rings is 1. The highest BCUT2D eigenvalue weighted by Crippen LogP contribution is 2.32. The van der Waals surface area contributed by atoms with E-state index < -0.39 is 11.7 Å². The zero-order valence-electron chi connectivity index (χ0n) is 11.5. The van der Waals surface area contributed by atoms with Gasteiger partial charge in [-0.15, -0.1) is 0 Å². The van der Waals surface area contributed by atoms with Gasteiger partial charge in [-0.3, -0.25) is 14.3 Å². The van der Waals surface area contributed by atoms with E-state index in [1.165, 1.54) is 0 Å². The number of Topliss-reactive ketones (excluding diaryl/α,β-unsaturated/α-hetero) is 1. The Hall–Kier alpha value is -2.43. The SMILES string of the molecule is Cc1cccc2c1N(CCc1cnn(C)c1)C(=O)C2=O. The van der Waals surface area contributed by atoms with Crippen molar-refractivity contribution in [1.29, 1.82) is 0 Å². The van der Waals surface area contributed by atoms with Gasteiger partial charge in [-0.2, -0.15) is 5.10 Å². The quantitative estimate of drug-likeness (QED) is 0.793. The molecule has 20 heavy (non-hydrogen) atoms. The van der Waals surface area contributed by atoms with Crippen LogP contribution in [0.5, 0.6) is 0 Å². The van der Waals surface area contributed by atoms with Crippen LogP contribution < -0.4 is 4.90 Å². The number of hydrogen-bond acceptors (Lipinski definition) is 3. The number of carbonyl (C=O) groups excluding carboxylic acids is 2. The molecule has 0 spiro atoms. The monoisotopic (exact) mass is 269 g/mol. The summed E-state index contributed by atoms with van der Waals surface area (Å²) in [6.45, 7) is 2.41. The van der Waals surface area contributed by atoms with Gasteiger partial charge in [0.25, 0.3) is 11.7 Å². The van der Waals surface area contributed by atoms with E-state index in [1.54, 1.807) is 21.8 Å². The van der Waals surface area contributed by atoms with Crippen molar-refractivity contribution >= 4 is 17.4 Å². The lowest BCUT2D eigenvalue weighted by Crippen LogP contribution is -2.31. The van der Waals surface area contributed by atoms with Gasteiger partial charge in [0.2, 0.25) is 0 Å². The van der Waals surface area contributed by atoms with Gasteiger partial charge in [0.15, 0.2) is 0 Å². The second kappa shape index (κ2) is 4.59. The summed E-state index contributed by atoms with van der Waals surface area (Å²) in [6.07, 6.45) is 4.38. The molecule has 0 N–H and O–H groups in total. The van der Waals surface area contributed by atoms with Crippen molar-refractivity contribution in [3.05, 3.63) is 47.3 Å². The number of para-hydroxylation sites is 1. The van der Waals surface area contributed by atoms with Crippen LogP contribution in [0.3, 0.4) is 0 Å². The van der Waals surface area contributed by atoms with Gasteiger partial charge in [-0.05, 0) is 30.5 Å². The third-order valence-corrected chi connectivity index (χ3v) is 3.57. The minimum absolute atomic E-state index is 0.408. The van der Waals surface area contributed by atoms with Gasteiger partial charge in [-0.25, -0.2) is 0 Å². The van der Waals surface area contributed by atoms with Gasteiger partial charge in [0, 0.05) is 19.8 Å². The lowest BCUT2D eigenvalue weighted by molar-refractivity contribution is -0.114. The third-order valence-electron chi connectivity index (χ3n) is 3.57. The van der Waals surface area contributed by atoms with E-state index in [2.05, 4.69) is 5.10 Å². The molecule has 0 fully saturated rings. The molecule has 0 saturated heterocycles. The number of aryl methyl sites for hydroxylation is 2. The molecule has 0 radical (unpaired) electrons. The number of fused-ring (bicyclic) bond motifs is 1. The van der Waals surface area contributed by atoms with Gasteiger partial charge in [0.05, 0.1) is 17.4 Å². The number of ketones is 1. The summed E-state index contributed by atoms with van der Waals surface area (Å²) in [5, 5.41) is 4.10. The first-order chi connectivity index (χ1) is 9.58. The Labute approximate surface area is 116 Å². The third kappa shape index (κ3) is 1.91. The number of aromatic nitrogens is 2. The van der Waals surface area contributed by atoms with Crippen molar-refractivity contribution in [3.63, 3.8) is 0 Å². The predicted molar refractivity (Wildman–Crippen MR) is 74.8 cm³/mol. The van der Waals surface area contributed by atoms with Gasteiger partial charge < -0.3 is 4.90 Å². The van der Waals surface area contributed by atoms with Crippen LogP contribution in [0.15, 0.2) is 30.6 Å². The number of nitrogens with zero attached hydrogens (tertiary/aromatic N) is 3. The predicted octanol–water partition coefficient (Wildman–Crippen LogP) is 1.50. The smallest absolute Gasteiger partial charge is 0.299 e. The van der Waals surface area contributed by atoms with Crippen molar-refractivity contribution in [2.24, 2.45) is 7.05 Å². The molecule has 1 amide bonds. The maximum atomic E-state index is 12.1. The highest BCUT2D eigenvalue weighted by atomic mass is 16.2. The molecule has 5 nitrogen and oxygen atoms in total. The van der Waals surface area contributed by atoms with Crippen molar-refractivity contribution in [2.75, 3.05) is 11.4 Å². The molecule has 2 aromatic rings. The summed E-state index contributed by atoms with van der Waals surface area (Å²) < 4.78 is 1.73. The fraction of sp³-hybridized carbons (Fsp3) is 0.267. The fourth-order valence-corrected chi connectivity index (χ4v) is 2.60. The minimum Gasteiger partial charge on any atom is -0.304 e. The Kier molecular flexibility index (Phi) is 2.89. The molecular formula is C15H15N3O2. The van der Waals surface area contributed by atoms with Crippen LogP contribution in [0.2, 0.25) is 0 Å². The van der Waals surface area contributed by atoms with E-state index in [0.717, 1.165) is 16.8 Å². The number of rotatable bonds is 3. The number of anilines is 1. The molecule has 1 aromatic carbocycles.